The summed E-state index contributed by atoms with van der Waals surface area (Å²) in [5, 5.41) is 10.7. The van der Waals surface area contributed by atoms with Crippen molar-refractivity contribution in [2.24, 2.45) is 11.3 Å². The first kappa shape index (κ1) is 14.9. The van der Waals surface area contributed by atoms with E-state index in [9.17, 15) is 19.7 Å². The molecular weight excluding hydrogens is 282 g/mol. The average molecular weight is 301 g/mol. The largest absolute Gasteiger partial charge is 0.298 e. The quantitative estimate of drug-likeness (QED) is 0.369. The third-order valence-corrected chi connectivity index (χ3v) is 5.23. The van der Waals surface area contributed by atoms with E-state index < -0.39 is 10.8 Å². The van der Waals surface area contributed by atoms with Gasteiger partial charge in [-0.1, -0.05) is 19.3 Å². The van der Waals surface area contributed by atoms with E-state index in [4.69, 9.17) is 0 Å². The summed E-state index contributed by atoms with van der Waals surface area (Å²) in [6, 6.07) is 5.57. The SMILES string of the molecule is O=C(c1ccc([N+](=O)[O-])cc1)[C@@H]1CCCC2(CCCC2)C1=O. The zero-order chi connectivity index (χ0) is 15.7. The summed E-state index contributed by atoms with van der Waals surface area (Å²) in [4.78, 5) is 35.6. The number of Topliss-reactive ketones (excluding diaryl/α,β-unsaturated/α-hetero) is 2. The van der Waals surface area contributed by atoms with Gasteiger partial charge in [-0.2, -0.15) is 0 Å². The molecule has 116 valence electrons. The van der Waals surface area contributed by atoms with Gasteiger partial charge in [-0.05, 0) is 37.8 Å². The van der Waals surface area contributed by atoms with Crippen LogP contribution >= 0.6 is 0 Å². The van der Waals surface area contributed by atoms with Crippen LogP contribution in [0, 0.1) is 21.4 Å². The van der Waals surface area contributed by atoms with Crippen molar-refractivity contribution in [3.63, 3.8) is 0 Å². The molecule has 2 saturated carbocycles. The minimum Gasteiger partial charge on any atom is -0.298 e. The lowest BCUT2D eigenvalue weighted by Crippen LogP contribution is -2.41. The topological polar surface area (TPSA) is 77.3 Å². The second kappa shape index (κ2) is 5.63. The number of non-ortho nitro benzene ring substituents is 1. The molecular formula is C17H19NO4. The highest BCUT2D eigenvalue weighted by atomic mass is 16.6. The fourth-order valence-corrected chi connectivity index (χ4v) is 4.02. The molecule has 1 spiro atoms. The van der Waals surface area contributed by atoms with Crippen LogP contribution < -0.4 is 0 Å². The second-order valence-electron chi connectivity index (χ2n) is 6.46. The van der Waals surface area contributed by atoms with Crippen LogP contribution in [0.5, 0.6) is 0 Å². The summed E-state index contributed by atoms with van der Waals surface area (Å²) < 4.78 is 0. The fourth-order valence-electron chi connectivity index (χ4n) is 4.02. The van der Waals surface area contributed by atoms with Crippen LogP contribution in [-0.4, -0.2) is 16.5 Å². The molecule has 1 aromatic rings. The van der Waals surface area contributed by atoms with E-state index in [1.807, 2.05) is 0 Å². The van der Waals surface area contributed by atoms with E-state index in [1.165, 1.54) is 24.3 Å². The van der Waals surface area contributed by atoms with Crippen LogP contribution in [-0.2, 0) is 4.79 Å². The number of hydrogen-bond acceptors (Lipinski definition) is 4. The minimum absolute atomic E-state index is 0.0428. The third kappa shape index (κ3) is 2.45. The van der Waals surface area contributed by atoms with Gasteiger partial charge in [0.2, 0.25) is 0 Å². The number of benzene rings is 1. The van der Waals surface area contributed by atoms with E-state index in [0.717, 1.165) is 38.5 Å². The molecule has 3 rings (SSSR count). The Kier molecular flexibility index (Phi) is 3.81. The molecule has 0 heterocycles. The van der Waals surface area contributed by atoms with Gasteiger partial charge in [-0.25, -0.2) is 0 Å². The van der Waals surface area contributed by atoms with E-state index in [2.05, 4.69) is 0 Å². The van der Waals surface area contributed by atoms with Crippen molar-refractivity contribution in [1.82, 2.24) is 0 Å². The summed E-state index contributed by atoms with van der Waals surface area (Å²) in [7, 11) is 0. The summed E-state index contributed by atoms with van der Waals surface area (Å²) in [5.41, 5.74) is 0.0945. The summed E-state index contributed by atoms with van der Waals surface area (Å²) in [6.07, 6.45) is 6.40. The Bertz CT molecular complexity index is 614. The molecule has 0 unspecified atom stereocenters. The van der Waals surface area contributed by atoms with Crippen molar-refractivity contribution < 1.29 is 14.5 Å². The van der Waals surface area contributed by atoms with Crippen molar-refractivity contribution >= 4 is 17.3 Å². The monoisotopic (exact) mass is 301 g/mol. The fraction of sp³-hybridized carbons (Fsp3) is 0.529. The Balaban J connectivity index is 1.82. The van der Waals surface area contributed by atoms with Crippen molar-refractivity contribution in [2.45, 2.75) is 44.9 Å². The number of nitro benzene ring substituents is 1. The summed E-state index contributed by atoms with van der Waals surface area (Å²) in [5.74, 6) is -0.626. The number of rotatable bonds is 3. The lowest BCUT2D eigenvalue weighted by atomic mass is 9.66. The van der Waals surface area contributed by atoms with E-state index in [1.54, 1.807) is 0 Å². The van der Waals surface area contributed by atoms with Gasteiger partial charge in [-0.15, -0.1) is 0 Å². The first-order chi connectivity index (χ1) is 10.5. The van der Waals surface area contributed by atoms with Crippen LogP contribution in [0.4, 0.5) is 5.69 Å². The van der Waals surface area contributed by atoms with Crippen molar-refractivity contribution in [2.75, 3.05) is 0 Å². The standard InChI is InChI=1S/C17H19NO4/c19-15(12-5-7-13(8-6-12)18(21)22)14-4-3-11-17(16(14)20)9-1-2-10-17/h5-8,14H,1-4,9-11H2/t14-/m0/s1. The lowest BCUT2D eigenvalue weighted by molar-refractivity contribution is -0.384. The smallest absolute Gasteiger partial charge is 0.269 e. The molecule has 0 bridgehead atoms. The van der Waals surface area contributed by atoms with Crippen LogP contribution in [0.1, 0.15) is 55.3 Å². The average Bonchev–Trinajstić information content (AvgIpc) is 2.99. The normalized spacial score (nSPS) is 23.6. The van der Waals surface area contributed by atoms with Crippen molar-refractivity contribution in [3.05, 3.63) is 39.9 Å². The number of nitrogens with zero attached hydrogens (tertiary/aromatic N) is 1. The molecule has 22 heavy (non-hydrogen) atoms. The van der Waals surface area contributed by atoms with Gasteiger partial charge in [-0.3, -0.25) is 19.7 Å². The first-order valence-corrected chi connectivity index (χ1v) is 7.86. The van der Waals surface area contributed by atoms with Gasteiger partial charge < -0.3 is 0 Å². The Morgan fingerprint density at radius 2 is 1.68 bits per heavy atom. The van der Waals surface area contributed by atoms with Crippen molar-refractivity contribution in [1.29, 1.82) is 0 Å². The Hall–Kier alpha value is -2.04. The van der Waals surface area contributed by atoms with Gasteiger partial charge in [0.05, 0.1) is 10.8 Å². The molecule has 5 heteroatoms. The maximum Gasteiger partial charge on any atom is 0.269 e. The highest BCUT2D eigenvalue weighted by molar-refractivity contribution is 6.12. The zero-order valence-corrected chi connectivity index (χ0v) is 12.4. The van der Waals surface area contributed by atoms with Gasteiger partial charge in [0, 0.05) is 23.1 Å². The number of nitro groups is 1. The minimum atomic E-state index is -0.562. The van der Waals surface area contributed by atoms with Crippen LogP contribution in [0.2, 0.25) is 0 Å². The highest BCUT2D eigenvalue weighted by Crippen LogP contribution is 2.48. The molecule has 0 aromatic heterocycles. The van der Waals surface area contributed by atoms with Crippen LogP contribution in [0.3, 0.4) is 0 Å². The van der Waals surface area contributed by atoms with Gasteiger partial charge >= 0.3 is 0 Å². The van der Waals surface area contributed by atoms with Crippen molar-refractivity contribution in [3.8, 4) is 0 Å². The molecule has 0 amide bonds. The summed E-state index contributed by atoms with van der Waals surface area (Å²) in [6.45, 7) is 0. The highest BCUT2D eigenvalue weighted by Gasteiger charge is 2.48. The molecule has 0 aliphatic heterocycles. The Labute approximate surface area is 128 Å². The molecule has 0 radical (unpaired) electrons. The molecule has 2 fully saturated rings. The first-order valence-electron chi connectivity index (χ1n) is 7.86. The molecule has 1 atom stereocenters. The molecule has 2 aliphatic carbocycles. The van der Waals surface area contributed by atoms with E-state index in [-0.39, 0.29) is 22.7 Å². The van der Waals surface area contributed by atoms with Gasteiger partial charge in [0.15, 0.2) is 5.78 Å². The number of ketones is 2. The molecule has 1 aromatic carbocycles. The Morgan fingerprint density at radius 3 is 2.27 bits per heavy atom. The molecule has 0 N–H and O–H groups in total. The number of carbonyl (C=O) groups excluding carboxylic acids is 2. The maximum atomic E-state index is 12.8. The van der Waals surface area contributed by atoms with E-state index in [0.29, 0.717) is 12.0 Å². The van der Waals surface area contributed by atoms with Gasteiger partial charge in [0.1, 0.15) is 5.78 Å². The second-order valence-corrected chi connectivity index (χ2v) is 6.46. The number of carbonyl (C=O) groups is 2. The predicted molar refractivity (Wildman–Crippen MR) is 80.7 cm³/mol. The third-order valence-electron chi connectivity index (χ3n) is 5.23. The number of hydrogen-bond donors (Lipinski definition) is 0. The molecule has 0 saturated heterocycles. The van der Waals surface area contributed by atoms with Gasteiger partial charge in [0.25, 0.3) is 5.69 Å². The zero-order valence-electron chi connectivity index (χ0n) is 12.4. The molecule has 5 nitrogen and oxygen atoms in total. The lowest BCUT2D eigenvalue weighted by Gasteiger charge is -2.35. The predicted octanol–water partition coefficient (Wildman–Crippen LogP) is 3.71. The maximum absolute atomic E-state index is 12.8. The molecule has 2 aliphatic rings. The summed E-state index contributed by atoms with van der Waals surface area (Å²) >= 11 is 0. The van der Waals surface area contributed by atoms with E-state index >= 15 is 0 Å². The van der Waals surface area contributed by atoms with Crippen LogP contribution in [0.15, 0.2) is 24.3 Å². The Morgan fingerprint density at radius 1 is 1.09 bits per heavy atom. The van der Waals surface area contributed by atoms with Crippen LogP contribution in [0.25, 0.3) is 0 Å².